The van der Waals surface area contributed by atoms with Gasteiger partial charge in [-0.05, 0) is 30.2 Å². The van der Waals surface area contributed by atoms with E-state index < -0.39 is 54.5 Å². The quantitative estimate of drug-likeness (QED) is 0.530. The molecule has 0 aromatic heterocycles. The van der Waals surface area contributed by atoms with Gasteiger partial charge in [0.05, 0.1) is 0 Å². The van der Waals surface area contributed by atoms with Crippen LogP contribution in [-0.4, -0.2) is 52.2 Å². The minimum atomic E-state index is -4.79. The van der Waals surface area contributed by atoms with E-state index in [-0.39, 0.29) is 28.9 Å². The summed E-state index contributed by atoms with van der Waals surface area (Å²) < 4.78 is 53.7. The molecule has 1 aliphatic heterocycles. The topological polar surface area (TPSA) is 86.8 Å². The van der Waals surface area contributed by atoms with Crippen molar-refractivity contribution in [3.63, 3.8) is 0 Å². The third-order valence-corrected chi connectivity index (χ3v) is 6.11. The highest BCUT2D eigenvalue weighted by atomic mass is 19.4. The van der Waals surface area contributed by atoms with Gasteiger partial charge in [-0.3, -0.25) is 19.3 Å². The van der Waals surface area contributed by atoms with Gasteiger partial charge in [-0.2, -0.15) is 13.2 Å². The number of amides is 4. The predicted octanol–water partition coefficient (Wildman–Crippen LogP) is 3.14. The van der Waals surface area contributed by atoms with E-state index in [1.54, 1.807) is 12.1 Å². The molecule has 34 heavy (non-hydrogen) atoms. The molecule has 0 unspecified atom stereocenters. The summed E-state index contributed by atoms with van der Waals surface area (Å²) in [5, 5.41) is 2.46. The van der Waals surface area contributed by atoms with Crippen molar-refractivity contribution in [2.24, 2.45) is 0 Å². The van der Waals surface area contributed by atoms with E-state index >= 15 is 0 Å². The highest BCUT2D eigenvalue weighted by Crippen LogP contribution is 2.41. The molecule has 4 rings (SSSR count). The Morgan fingerprint density at radius 3 is 2.41 bits per heavy atom. The number of benzene rings is 2. The van der Waals surface area contributed by atoms with Crippen molar-refractivity contribution in [1.82, 2.24) is 15.1 Å². The molecule has 4 amide bonds. The molecule has 2 atom stereocenters. The van der Waals surface area contributed by atoms with Gasteiger partial charge in [0.1, 0.15) is 18.4 Å². The SMILES string of the molecule is C[C@H](N(Cc1ccc(F)cc1)C(=O)CN1C(=O)N[C@@]2(CC(=O)c3ccccc32)C1=O)C(F)(F)F. The molecule has 0 radical (unpaired) electrons. The van der Waals surface area contributed by atoms with Crippen LogP contribution in [0.25, 0.3) is 0 Å². The minimum Gasteiger partial charge on any atom is -0.325 e. The maximum absolute atomic E-state index is 13.5. The van der Waals surface area contributed by atoms with Crippen molar-refractivity contribution in [1.29, 1.82) is 0 Å². The Morgan fingerprint density at radius 1 is 1.12 bits per heavy atom. The number of rotatable bonds is 5. The highest BCUT2D eigenvalue weighted by molar-refractivity contribution is 6.16. The second-order valence-corrected chi connectivity index (χ2v) is 8.24. The average molecular weight is 477 g/mol. The number of fused-ring (bicyclic) bond motifs is 2. The van der Waals surface area contributed by atoms with Gasteiger partial charge in [-0.25, -0.2) is 9.18 Å². The summed E-state index contributed by atoms with van der Waals surface area (Å²) in [6.45, 7) is -0.693. The number of urea groups is 1. The molecule has 0 bridgehead atoms. The van der Waals surface area contributed by atoms with Gasteiger partial charge in [0.2, 0.25) is 5.91 Å². The Hall–Kier alpha value is -3.76. The van der Waals surface area contributed by atoms with E-state index in [0.29, 0.717) is 9.80 Å². The minimum absolute atomic E-state index is 0.231. The van der Waals surface area contributed by atoms with E-state index in [1.807, 2.05) is 0 Å². The fourth-order valence-corrected chi connectivity index (χ4v) is 4.23. The van der Waals surface area contributed by atoms with Gasteiger partial charge in [-0.1, -0.05) is 36.4 Å². The Kier molecular flexibility index (Phi) is 5.66. The second-order valence-electron chi connectivity index (χ2n) is 8.24. The zero-order chi connectivity index (χ0) is 24.8. The maximum atomic E-state index is 13.5. The van der Waals surface area contributed by atoms with Crippen LogP contribution in [0.5, 0.6) is 0 Å². The number of nitrogens with zero attached hydrogens (tertiary/aromatic N) is 2. The van der Waals surface area contributed by atoms with Crippen LogP contribution < -0.4 is 5.32 Å². The Balaban J connectivity index is 1.60. The summed E-state index contributed by atoms with van der Waals surface area (Å²) in [4.78, 5) is 52.2. The van der Waals surface area contributed by atoms with Gasteiger partial charge in [0, 0.05) is 18.5 Å². The summed E-state index contributed by atoms with van der Waals surface area (Å²) in [6, 6.07) is 7.55. The zero-order valence-electron chi connectivity index (χ0n) is 17.9. The number of Topliss-reactive ketones (excluding diaryl/α,β-unsaturated/α-hetero) is 1. The van der Waals surface area contributed by atoms with Gasteiger partial charge < -0.3 is 10.2 Å². The summed E-state index contributed by atoms with van der Waals surface area (Å²) in [7, 11) is 0. The maximum Gasteiger partial charge on any atom is 0.408 e. The first kappa shape index (κ1) is 23.4. The van der Waals surface area contributed by atoms with Crippen LogP contribution in [0.1, 0.15) is 34.8 Å². The summed E-state index contributed by atoms with van der Waals surface area (Å²) in [6.07, 6.45) is -5.13. The largest absolute Gasteiger partial charge is 0.408 e. The number of halogens is 4. The van der Waals surface area contributed by atoms with Gasteiger partial charge in [-0.15, -0.1) is 0 Å². The molecule has 2 aliphatic rings. The number of nitrogens with one attached hydrogen (secondary N) is 1. The number of alkyl halides is 3. The predicted molar refractivity (Wildman–Crippen MR) is 110 cm³/mol. The van der Waals surface area contributed by atoms with Crippen LogP contribution in [0.2, 0.25) is 0 Å². The van der Waals surface area contributed by atoms with Crippen molar-refractivity contribution in [3.8, 4) is 0 Å². The molecule has 1 aliphatic carbocycles. The molecule has 7 nitrogen and oxygen atoms in total. The van der Waals surface area contributed by atoms with E-state index in [0.717, 1.165) is 19.1 Å². The summed E-state index contributed by atoms with van der Waals surface area (Å²) in [5.41, 5.74) is -0.925. The first-order chi connectivity index (χ1) is 15.9. The van der Waals surface area contributed by atoms with Crippen molar-refractivity contribution >= 4 is 23.6 Å². The van der Waals surface area contributed by atoms with Crippen molar-refractivity contribution in [3.05, 3.63) is 71.0 Å². The van der Waals surface area contributed by atoms with E-state index in [4.69, 9.17) is 0 Å². The molecule has 1 N–H and O–H groups in total. The van der Waals surface area contributed by atoms with Gasteiger partial charge in [0.25, 0.3) is 5.91 Å². The number of imide groups is 1. The fourth-order valence-electron chi connectivity index (χ4n) is 4.23. The van der Waals surface area contributed by atoms with E-state index in [1.165, 1.54) is 24.3 Å². The number of hydrogen-bond acceptors (Lipinski definition) is 4. The normalized spacial score (nSPS) is 20.5. The molecule has 1 saturated heterocycles. The van der Waals surface area contributed by atoms with Crippen LogP contribution in [-0.2, 0) is 21.7 Å². The van der Waals surface area contributed by atoms with Crippen LogP contribution in [0.3, 0.4) is 0 Å². The molecule has 178 valence electrons. The Morgan fingerprint density at radius 2 is 1.76 bits per heavy atom. The number of carbonyl (C=O) groups excluding carboxylic acids is 4. The molecule has 1 fully saturated rings. The molecular formula is C23H19F4N3O4. The Labute approximate surface area is 191 Å². The fraction of sp³-hybridized carbons (Fsp3) is 0.304. The molecular weight excluding hydrogens is 458 g/mol. The number of ketones is 1. The van der Waals surface area contributed by atoms with E-state index in [9.17, 15) is 36.7 Å². The van der Waals surface area contributed by atoms with Crippen molar-refractivity contribution < 1.29 is 36.7 Å². The molecule has 1 heterocycles. The van der Waals surface area contributed by atoms with Crippen LogP contribution in [0.4, 0.5) is 22.4 Å². The monoisotopic (exact) mass is 477 g/mol. The standard InChI is InChI=1S/C23H19F4N3O4/c1-13(23(25,26)27)29(11-14-6-8-15(24)9-7-14)19(32)12-30-20(33)22(28-21(30)34)10-18(31)16-4-2-3-5-17(16)22/h2-9,13H,10-12H2,1H3,(H,28,34)/t13-,22+/m0/s1. The second kappa shape index (κ2) is 8.23. The Bertz CT molecular complexity index is 1180. The third-order valence-electron chi connectivity index (χ3n) is 6.11. The number of hydrogen-bond donors (Lipinski definition) is 1. The van der Waals surface area contributed by atoms with Crippen LogP contribution in [0, 0.1) is 5.82 Å². The number of carbonyl (C=O) groups is 4. The average Bonchev–Trinajstić information content (AvgIpc) is 3.20. The van der Waals surface area contributed by atoms with Crippen LogP contribution in [0.15, 0.2) is 48.5 Å². The van der Waals surface area contributed by atoms with Gasteiger partial charge in [0.15, 0.2) is 11.3 Å². The van der Waals surface area contributed by atoms with Crippen molar-refractivity contribution in [2.75, 3.05) is 6.54 Å². The lowest BCUT2D eigenvalue weighted by Crippen LogP contribution is -2.51. The molecule has 2 aromatic rings. The lowest BCUT2D eigenvalue weighted by molar-refractivity contribution is -0.187. The van der Waals surface area contributed by atoms with E-state index in [2.05, 4.69) is 5.32 Å². The lowest BCUT2D eigenvalue weighted by atomic mass is 9.92. The smallest absolute Gasteiger partial charge is 0.325 e. The van der Waals surface area contributed by atoms with Crippen LogP contribution >= 0.6 is 0 Å². The molecule has 2 aromatic carbocycles. The first-order valence-electron chi connectivity index (χ1n) is 10.3. The van der Waals surface area contributed by atoms with Gasteiger partial charge >= 0.3 is 12.2 Å². The molecule has 1 spiro atoms. The lowest BCUT2D eigenvalue weighted by Gasteiger charge is -2.32. The highest BCUT2D eigenvalue weighted by Gasteiger charge is 2.58. The third kappa shape index (κ3) is 3.91. The summed E-state index contributed by atoms with van der Waals surface area (Å²) in [5.74, 6) is -2.99. The molecule has 11 heteroatoms. The summed E-state index contributed by atoms with van der Waals surface area (Å²) >= 11 is 0. The van der Waals surface area contributed by atoms with Crippen molar-refractivity contribution in [2.45, 2.75) is 37.6 Å². The first-order valence-corrected chi connectivity index (χ1v) is 10.3. The zero-order valence-corrected chi connectivity index (χ0v) is 17.9. The molecule has 0 saturated carbocycles.